The van der Waals surface area contributed by atoms with Gasteiger partial charge in [-0.25, -0.2) is 9.59 Å². The second-order valence-corrected chi connectivity index (χ2v) is 18.5. The largest absolute Gasteiger partial charge is 0.444 e. The fourth-order valence-electron chi connectivity index (χ4n) is 8.89. The second-order valence-electron chi connectivity index (χ2n) is 18.5. The maximum Gasteiger partial charge on any atom is 0.410 e. The van der Waals surface area contributed by atoms with Crippen LogP contribution >= 0.6 is 12.4 Å². The summed E-state index contributed by atoms with van der Waals surface area (Å²) in [5.41, 5.74) is -0.845. The van der Waals surface area contributed by atoms with Gasteiger partial charge in [-0.3, -0.25) is 0 Å². The molecule has 11 heteroatoms. The summed E-state index contributed by atoms with van der Waals surface area (Å²) in [6, 6.07) is 2.58. The van der Waals surface area contributed by atoms with Crippen molar-refractivity contribution in [2.24, 2.45) is 11.8 Å². The van der Waals surface area contributed by atoms with Crippen molar-refractivity contribution in [3.8, 4) is 0 Å². The van der Waals surface area contributed by atoms with E-state index in [4.69, 9.17) is 18.9 Å². The highest BCUT2D eigenvalue weighted by molar-refractivity contribution is 5.85. The highest BCUT2D eigenvalue weighted by atomic mass is 35.5. The molecule has 6 unspecified atom stereocenters. The molecular formula is C39H68ClN3O7. The molecule has 6 aliphatic heterocycles. The van der Waals surface area contributed by atoms with Crippen LogP contribution in [0, 0.1) is 11.8 Å². The first-order valence-electron chi connectivity index (χ1n) is 19.9. The van der Waals surface area contributed by atoms with Gasteiger partial charge >= 0.3 is 12.2 Å². The molecule has 8 fully saturated rings. The number of fused-ring (bicyclic) bond motifs is 6. The predicted molar refractivity (Wildman–Crippen MR) is 196 cm³/mol. The molecule has 0 aromatic carbocycles. The fourth-order valence-corrected chi connectivity index (χ4v) is 8.89. The molecule has 2 amide bonds. The molecular weight excluding hydrogens is 658 g/mol. The minimum absolute atomic E-state index is 0. The molecule has 8 rings (SSSR count). The molecule has 6 heterocycles. The molecule has 6 saturated heterocycles. The molecule has 6 atom stereocenters. The van der Waals surface area contributed by atoms with Crippen molar-refractivity contribution in [2.75, 3.05) is 13.2 Å². The number of ether oxygens (including phenoxy) is 4. The number of amides is 2. The van der Waals surface area contributed by atoms with Gasteiger partial charge in [-0.2, -0.15) is 0 Å². The van der Waals surface area contributed by atoms with E-state index in [1.54, 1.807) is 0 Å². The minimum atomic E-state index is -0.438. The predicted octanol–water partition coefficient (Wildman–Crippen LogP) is 7.37. The number of hydrogen-bond acceptors (Lipinski definition) is 8. The van der Waals surface area contributed by atoms with Gasteiger partial charge in [-0.05, 0) is 156 Å². The molecule has 0 aromatic rings. The topological polar surface area (TPSA) is 110 Å². The zero-order chi connectivity index (χ0) is 34.9. The quantitative estimate of drug-likeness (QED) is 0.292. The number of nitrogens with one attached hydrogen (secondary N) is 1. The lowest BCUT2D eigenvalue weighted by atomic mass is 10.00. The van der Waals surface area contributed by atoms with E-state index in [0.29, 0.717) is 37.1 Å². The van der Waals surface area contributed by atoms with E-state index >= 15 is 0 Å². The van der Waals surface area contributed by atoms with Gasteiger partial charge in [0.15, 0.2) is 0 Å². The number of halogens is 1. The van der Waals surface area contributed by atoms with Gasteiger partial charge in [0, 0.05) is 49.5 Å². The average Bonchev–Trinajstić information content (AvgIpc) is 3.93. The van der Waals surface area contributed by atoms with Crippen LogP contribution in [0.15, 0.2) is 0 Å². The summed E-state index contributed by atoms with van der Waals surface area (Å²) in [6.45, 7) is 13.4. The Morgan fingerprint density at radius 1 is 0.580 bits per heavy atom. The third-order valence-corrected chi connectivity index (χ3v) is 11.6. The summed E-state index contributed by atoms with van der Waals surface area (Å²) >= 11 is 0. The molecule has 2 aliphatic carbocycles. The van der Waals surface area contributed by atoms with Crippen LogP contribution in [0.3, 0.4) is 0 Å². The zero-order valence-electron chi connectivity index (χ0n) is 31.8. The Labute approximate surface area is 307 Å². The van der Waals surface area contributed by atoms with Crippen LogP contribution in [0.4, 0.5) is 9.59 Å². The maximum atomic E-state index is 12.3. The van der Waals surface area contributed by atoms with Gasteiger partial charge in [-0.1, -0.05) is 0 Å². The number of carbonyl (C=O) groups excluding carboxylic acids is 2. The average molecular weight is 726 g/mol. The monoisotopic (exact) mass is 725 g/mol. The van der Waals surface area contributed by atoms with E-state index in [2.05, 4.69) is 5.32 Å². The van der Waals surface area contributed by atoms with Crippen LogP contribution in [0.2, 0.25) is 0 Å². The highest BCUT2D eigenvalue weighted by Crippen LogP contribution is 2.40. The third kappa shape index (κ3) is 11.6. The molecule has 8 aliphatic rings. The summed E-state index contributed by atoms with van der Waals surface area (Å²) in [5, 5.41) is 13.3. The molecule has 0 spiro atoms. The van der Waals surface area contributed by atoms with Crippen molar-refractivity contribution in [1.82, 2.24) is 15.1 Å². The number of nitrogens with zero attached hydrogens (tertiary/aromatic N) is 2. The van der Waals surface area contributed by atoms with Gasteiger partial charge < -0.3 is 39.2 Å². The first-order chi connectivity index (χ1) is 23.2. The van der Waals surface area contributed by atoms with Crippen molar-refractivity contribution in [2.45, 2.75) is 210 Å². The summed E-state index contributed by atoms with van der Waals surface area (Å²) in [5.74, 6) is 1.74. The summed E-state index contributed by atoms with van der Waals surface area (Å²) in [7, 11) is 0. The van der Waals surface area contributed by atoms with E-state index in [1.807, 2.05) is 51.3 Å². The smallest absolute Gasteiger partial charge is 0.410 e. The van der Waals surface area contributed by atoms with Crippen LogP contribution in [-0.4, -0.2) is 106 Å². The van der Waals surface area contributed by atoms with E-state index in [9.17, 15) is 14.7 Å². The van der Waals surface area contributed by atoms with Crippen LogP contribution in [0.5, 0.6) is 0 Å². The third-order valence-electron chi connectivity index (χ3n) is 11.6. The van der Waals surface area contributed by atoms with Crippen molar-refractivity contribution >= 4 is 24.6 Å². The first kappa shape index (κ1) is 39.9. The number of rotatable bonds is 6. The van der Waals surface area contributed by atoms with Crippen LogP contribution in [0.1, 0.15) is 144 Å². The Kier molecular flexibility index (Phi) is 13.4. The summed E-state index contributed by atoms with van der Waals surface area (Å²) < 4.78 is 22.9. The van der Waals surface area contributed by atoms with Crippen molar-refractivity contribution in [1.29, 1.82) is 0 Å². The van der Waals surface area contributed by atoms with Crippen LogP contribution in [-0.2, 0) is 18.9 Å². The van der Waals surface area contributed by atoms with Crippen molar-refractivity contribution < 1.29 is 33.6 Å². The molecule has 0 aromatic heterocycles. The Balaban J connectivity index is 0.000000147. The summed E-state index contributed by atoms with van der Waals surface area (Å²) in [6.07, 6.45) is 18.7. The number of aliphatic hydroxyl groups is 1. The van der Waals surface area contributed by atoms with E-state index < -0.39 is 11.2 Å². The standard InChI is InChI=1S/C16H27NO3.C12H21NO3.C11H19NO.ClH/c1-16(2,3)20-15(18)17-12-6-7-13(17)9-14(8-12)19-10-11-4-5-11;1-12(2,3)16-11(15)13-8-4-5-9(13)7-10(14)6-8;1-2-8(1)7-13-11-5-9-3-4-10(6-11)12-9;/h11-14H,4-10H2,1-3H3;8-10,14H,4-7H2,1-3H3;8-12H,1-7H2;1H. The first-order valence-corrected chi connectivity index (χ1v) is 19.9. The molecule has 288 valence electrons. The summed E-state index contributed by atoms with van der Waals surface area (Å²) in [4.78, 5) is 28.2. The Hall–Kier alpha value is -1.33. The van der Waals surface area contributed by atoms with Gasteiger partial charge in [-0.15, -0.1) is 12.4 Å². The van der Waals surface area contributed by atoms with Gasteiger partial charge in [0.05, 0.1) is 18.3 Å². The maximum absolute atomic E-state index is 12.3. The molecule has 2 saturated carbocycles. The fraction of sp³-hybridized carbons (Fsp3) is 0.949. The number of piperidine rings is 3. The van der Waals surface area contributed by atoms with Crippen LogP contribution < -0.4 is 5.32 Å². The lowest BCUT2D eigenvalue weighted by Crippen LogP contribution is -2.50. The Morgan fingerprint density at radius 3 is 1.30 bits per heavy atom. The molecule has 6 bridgehead atoms. The highest BCUT2D eigenvalue weighted by Gasteiger charge is 2.46. The minimum Gasteiger partial charge on any atom is -0.444 e. The lowest BCUT2D eigenvalue weighted by Gasteiger charge is -2.39. The lowest BCUT2D eigenvalue weighted by molar-refractivity contribution is -0.0367. The SMILES string of the molecule is C1CC1COC1CC2CCC(C1)N2.CC(C)(C)OC(=O)N1C2CCC1CC(O)C2.CC(C)(C)OC(=O)N1C2CCC1CC(OCC1CC1)C2.Cl. The van der Waals surface area contributed by atoms with Crippen molar-refractivity contribution in [3.63, 3.8) is 0 Å². The molecule has 0 radical (unpaired) electrons. The van der Waals surface area contributed by atoms with Gasteiger partial charge in [0.2, 0.25) is 0 Å². The second kappa shape index (κ2) is 16.8. The van der Waals surface area contributed by atoms with E-state index in [1.165, 1.54) is 51.4 Å². The Bertz CT molecular complexity index is 1080. The number of hydrogen-bond donors (Lipinski definition) is 2. The molecule has 10 nitrogen and oxygen atoms in total. The number of carbonyl (C=O) groups is 2. The van der Waals surface area contributed by atoms with Crippen LogP contribution in [0.25, 0.3) is 0 Å². The Morgan fingerprint density at radius 2 is 0.940 bits per heavy atom. The van der Waals surface area contributed by atoms with Gasteiger partial charge in [0.1, 0.15) is 11.2 Å². The van der Waals surface area contributed by atoms with E-state index in [-0.39, 0.29) is 42.8 Å². The number of aliphatic hydroxyl groups excluding tert-OH is 1. The van der Waals surface area contributed by atoms with Crippen molar-refractivity contribution in [3.05, 3.63) is 0 Å². The normalized spacial score (nSPS) is 35.6. The molecule has 50 heavy (non-hydrogen) atoms. The van der Waals surface area contributed by atoms with E-state index in [0.717, 1.165) is 75.7 Å². The van der Waals surface area contributed by atoms with Gasteiger partial charge in [0.25, 0.3) is 0 Å². The molecule has 2 N–H and O–H groups in total. The zero-order valence-corrected chi connectivity index (χ0v) is 32.6.